The zero-order valence-corrected chi connectivity index (χ0v) is 8.08. The number of halogens is 1. The van der Waals surface area contributed by atoms with Crippen molar-refractivity contribution in [2.75, 3.05) is 7.11 Å². The van der Waals surface area contributed by atoms with Crippen molar-refractivity contribution in [3.63, 3.8) is 0 Å². The largest absolute Gasteiger partial charge is 0.495 e. The molecule has 0 amide bonds. The Morgan fingerprint density at radius 3 is 2.92 bits per heavy atom. The van der Waals surface area contributed by atoms with Crippen LogP contribution in [0.5, 0.6) is 5.75 Å². The molecule has 3 heteroatoms. The third-order valence-electron chi connectivity index (χ3n) is 1.75. The summed E-state index contributed by atoms with van der Waals surface area (Å²) < 4.78 is 6.19. The SMILES string of the molecule is COc1ccc2ccsc2c1Cl. The molecule has 1 aromatic heterocycles. The molecule has 0 fully saturated rings. The molecule has 1 heterocycles. The zero-order valence-electron chi connectivity index (χ0n) is 6.50. The summed E-state index contributed by atoms with van der Waals surface area (Å²) in [6.07, 6.45) is 0. The lowest BCUT2D eigenvalue weighted by atomic mass is 10.2. The van der Waals surface area contributed by atoms with Crippen LogP contribution in [-0.4, -0.2) is 7.11 Å². The standard InChI is InChI=1S/C9H7ClOS/c1-11-7-3-2-6-4-5-12-9(6)8(7)10/h2-5H,1H3. The number of ether oxygens (including phenoxy) is 1. The van der Waals surface area contributed by atoms with E-state index in [1.165, 1.54) is 5.39 Å². The van der Waals surface area contributed by atoms with Crippen molar-refractivity contribution in [1.29, 1.82) is 0 Å². The van der Waals surface area contributed by atoms with Crippen molar-refractivity contribution < 1.29 is 4.74 Å². The van der Waals surface area contributed by atoms with E-state index in [9.17, 15) is 0 Å². The molecule has 12 heavy (non-hydrogen) atoms. The maximum atomic E-state index is 6.07. The third-order valence-corrected chi connectivity index (χ3v) is 3.18. The Morgan fingerprint density at radius 1 is 1.33 bits per heavy atom. The summed E-state index contributed by atoms with van der Waals surface area (Å²) in [6, 6.07) is 5.94. The second-order valence-corrected chi connectivity index (χ2v) is 3.71. The highest BCUT2D eigenvalue weighted by atomic mass is 35.5. The quantitative estimate of drug-likeness (QED) is 0.681. The first-order chi connectivity index (χ1) is 5.83. The molecule has 0 aliphatic heterocycles. The van der Waals surface area contributed by atoms with Crippen molar-refractivity contribution >= 4 is 33.0 Å². The van der Waals surface area contributed by atoms with E-state index in [-0.39, 0.29) is 0 Å². The van der Waals surface area contributed by atoms with Gasteiger partial charge in [-0.05, 0) is 29.0 Å². The van der Waals surface area contributed by atoms with Crippen molar-refractivity contribution in [2.45, 2.75) is 0 Å². The van der Waals surface area contributed by atoms with E-state index in [2.05, 4.69) is 0 Å². The second-order valence-electron chi connectivity index (χ2n) is 2.42. The first kappa shape index (κ1) is 7.90. The highest BCUT2D eigenvalue weighted by Gasteiger charge is 2.05. The van der Waals surface area contributed by atoms with Gasteiger partial charge >= 0.3 is 0 Å². The average molecular weight is 199 g/mol. The van der Waals surface area contributed by atoms with E-state index in [4.69, 9.17) is 16.3 Å². The monoisotopic (exact) mass is 198 g/mol. The molecule has 2 rings (SSSR count). The van der Waals surface area contributed by atoms with Crippen LogP contribution in [-0.2, 0) is 0 Å². The van der Waals surface area contributed by atoms with Gasteiger partial charge in [-0.2, -0.15) is 0 Å². The number of hydrogen-bond acceptors (Lipinski definition) is 2. The average Bonchev–Trinajstić information content (AvgIpc) is 2.53. The maximum Gasteiger partial charge on any atom is 0.138 e. The van der Waals surface area contributed by atoms with Gasteiger partial charge in [-0.25, -0.2) is 0 Å². The Kier molecular flexibility index (Phi) is 1.95. The smallest absolute Gasteiger partial charge is 0.138 e. The fraction of sp³-hybridized carbons (Fsp3) is 0.111. The van der Waals surface area contributed by atoms with Gasteiger partial charge in [0, 0.05) is 0 Å². The van der Waals surface area contributed by atoms with Crippen molar-refractivity contribution in [3.05, 3.63) is 28.6 Å². The molecule has 0 saturated carbocycles. The van der Waals surface area contributed by atoms with Crippen LogP contribution < -0.4 is 4.74 Å². The fourth-order valence-corrected chi connectivity index (χ4v) is 2.35. The first-order valence-electron chi connectivity index (χ1n) is 3.52. The summed E-state index contributed by atoms with van der Waals surface area (Å²) >= 11 is 7.70. The molecule has 1 nitrogen and oxygen atoms in total. The number of hydrogen-bond donors (Lipinski definition) is 0. The van der Waals surface area contributed by atoms with E-state index < -0.39 is 0 Å². The summed E-state index contributed by atoms with van der Waals surface area (Å²) in [5.74, 6) is 0.742. The number of methoxy groups -OCH3 is 1. The van der Waals surface area contributed by atoms with E-state index in [1.54, 1.807) is 18.4 Å². The summed E-state index contributed by atoms with van der Waals surface area (Å²) in [4.78, 5) is 0. The van der Waals surface area contributed by atoms with Gasteiger partial charge in [-0.3, -0.25) is 0 Å². The molecule has 0 saturated heterocycles. The molecular formula is C9H7ClOS. The molecule has 2 aromatic rings. The van der Waals surface area contributed by atoms with Gasteiger partial charge in [0.25, 0.3) is 0 Å². The van der Waals surface area contributed by atoms with E-state index in [0.29, 0.717) is 5.02 Å². The molecule has 0 aliphatic rings. The Morgan fingerprint density at radius 2 is 2.17 bits per heavy atom. The lowest BCUT2D eigenvalue weighted by Gasteiger charge is -2.02. The van der Waals surface area contributed by atoms with Gasteiger partial charge in [0.05, 0.1) is 11.8 Å². The van der Waals surface area contributed by atoms with Crippen LogP contribution in [0, 0.1) is 0 Å². The molecule has 62 valence electrons. The van der Waals surface area contributed by atoms with Crippen molar-refractivity contribution in [1.82, 2.24) is 0 Å². The van der Waals surface area contributed by atoms with Crippen LogP contribution in [0.1, 0.15) is 0 Å². The third kappa shape index (κ3) is 1.08. The van der Waals surface area contributed by atoms with Crippen LogP contribution in [0.4, 0.5) is 0 Å². The molecular weight excluding hydrogens is 192 g/mol. The minimum atomic E-state index is 0.713. The molecule has 0 atom stereocenters. The maximum absolute atomic E-state index is 6.07. The summed E-state index contributed by atoms with van der Waals surface area (Å²) in [6.45, 7) is 0. The van der Waals surface area contributed by atoms with Crippen molar-refractivity contribution in [2.24, 2.45) is 0 Å². The molecule has 1 aromatic carbocycles. The minimum Gasteiger partial charge on any atom is -0.495 e. The molecule has 0 N–H and O–H groups in total. The Bertz CT molecular complexity index is 408. The highest BCUT2D eigenvalue weighted by Crippen LogP contribution is 2.35. The van der Waals surface area contributed by atoms with E-state index >= 15 is 0 Å². The van der Waals surface area contributed by atoms with Gasteiger partial charge in [0.2, 0.25) is 0 Å². The van der Waals surface area contributed by atoms with E-state index in [1.807, 2.05) is 23.6 Å². The van der Waals surface area contributed by atoms with Crippen LogP contribution in [0.2, 0.25) is 5.02 Å². The first-order valence-corrected chi connectivity index (χ1v) is 4.78. The Hall–Kier alpha value is -0.730. The summed E-state index contributed by atoms with van der Waals surface area (Å²) in [5, 5.41) is 3.91. The highest BCUT2D eigenvalue weighted by molar-refractivity contribution is 7.17. The van der Waals surface area contributed by atoms with Crippen LogP contribution in [0.25, 0.3) is 10.1 Å². The Balaban J connectivity index is 2.78. The lowest BCUT2D eigenvalue weighted by molar-refractivity contribution is 0.415. The molecule has 0 radical (unpaired) electrons. The number of rotatable bonds is 1. The lowest BCUT2D eigenvalue weighted by Crippen LogP contribution is -1.82. The molecule has 0 bridgehead atoms. The summed E-state index contributed by atoms with van der Waals surface area (Å²) in [5.41, 5.74) is 0. The zero-order chi connectivity index (χ0) is 8.55. The van der Waals surface area contributed by atoms with Crippen molar-refractivity contribution in [3.8, 4) is 5.75 Å². The number of benzene rings is 1. The van der Waals surface area contributed by atoms with Gasteiger partial charge in [0.1, 0.15) is 10.8 Å². The normalized spacial score (nSPS) is 10.5. The van der Waals surface area contributed by atoms with Crippen LogP contribution in [0.3, 0.4) is 0 Å². The van der Waals surface area contributed by atoms with Gasteiger partial charge in [0.15, 0.2) is 0 Å². The topological polar surface area (TPSA) is 9.23 Å². The van der Waals surface area contributed by atoms with E-state index in [0.717, 1.165) is 10.4 Å². The minimum absolute atomic E-state index is 0.713. The predicted octanol–water partition coefficient (Wildman–Crippen LogP) is 3.56. The number of fused-ring (bicyclic) bond motifs is 1. The fourth-order valence-electron chi connectivity index (χ4n) is 1.14. The molecule has 0 spiro atoms. The van der Waals surface area contributed by atoms with Gasteiger partial charge in [-0.1, -0.05) is 11.6 Å². The molecule has 0 aliphatic carbocycles. The predicted molar refractivity (Wildman–Crippen MR) is 53.4 cm³/mol. The van der Waals surface area contributed by atoms with Gasteiger partial charge < -0.3 is 4.74 Å². The van der Waals surface area contributed by atoms with Crippen LogP contribution in [0.15, 0.2) is 23.6 Å². The Labute approximate surface area is 79.5 Å². The van der Waals surface area contributed by atoms with Gasteiger partial charge in [-0.15, -0.1) is 11.3 Å². The summed E-state index contributed by atoms with van der Waals surface area (Å²) in [7, 11) is 1.63. The molecule has 0 unspecified atom stereocenters. The van der Waals surface area contributed by atoms with Crippen LogP contribution >= 0.6 is 22.9 Å². The second kappa shape index (κ2) is 2.96. The number of thiophene rings is 1.